The van der Waals surface area contributed by atoms with Crippen LogP contribution in [0.15, 0.2) is 12.1 Å². The highest BCUT2D eigenvalue weighted by Crippen LogP contribution is 2.22. The van der Waals surface area contributed by atoms with Crippen molar-refractivity contribution in [1.82, 2.24) is 0 Å². The minimum Gasteiger partial charge on any atom is -0.389 e. The average molecular weight is 304 g/mol. The van der Waals surface area contributed by atoms with Crippen LogP contribution in [0.2, 0.25) is 0 Å². The number of nitrogens with one attached hydrogen (secondary N) is 1. The van der Waals surface area contributed by atoms with E-state index in [1.807, 2.05) is 18.7 Å². The van der Waals surface area contributed by atoms with E-state index in [9.17, 15) is 8.78 Å². The third-order valence-corrected chi connectivity index (χ3v) is 3.80. The molecule has 0 fully saturated rings. The van der Waals surface area contributed by atoms with Crippen LogP contribution in [0.3, 0.4) is 0 Å². The Balaban J connectivity index is 2.74. The SMILES string of the molecule is CCSCCC(C)Nc1ccc(C(N)=S)c(F)c1F. The average Bonchev–Trinajstić information content (AvgIpc) is 2.35. The molecule has 1 unspecified atom stereocenters. The van der Waals surface area contributed by atoms with E-state index in [4.69, 9.17) is 5.73 Å². The second-order valence-corrected chi connectivity index (χ2v) is 6.02. The van der Waals surface area contributed by atoms with Crippen molar-refractivity contribution in [3.8, 4) is 0 Å². The van der Waals surface area contributed by atoms with Crippen molar-refractivity contribution in [1.29, 1.82) is 0 Å². The zero-order chi connectivity index (χ0) is 14.4. The summed E-state index contributed by atoms with van der Waals surface area (Å²) < 4.78 is 27.5. The van der Waals surface area contributed by atoms with Gasteiger partial charge in [-0.3, -0.25) is 0 Å². The number of thiocarbonyl (C=S) groups is 1. The van der Waals surface area contributed by atoms with Gasteiger partial charge >= 0.3 is 0 Å². The van der Waals surface area contributed by atoms with E-state index in [0.717, 1.165) is 17.9 Å². The Labute approximate surface area is 122 Å². The molecule has 2 nitrogen and oxygen atoms in total. The predicted octanol–water partition coefficient (Wildman–Crippen LogP) is 3.54. The summed E-state index contributed by atoms with van der Waals surface area (Å²) in [5, 5.41) is 2.96. The van der Waals surface area contributed by atoms with Gasteiger partial charge in [0.1, 0.15) is 4.99 Å². The monoisotopic (exact) mass is 304 g/mol. The highest BCUT2D eigenvalue weighted by Gasteiger charge is 2.16. The van der Waals surface area contributed by atoms with E-state index in [0.29, 0.717) is 0 Å². The number of thioether (sulfide) groups is 1. The van der Waals surface area contributed by atoms with E-state index < -0.39 is 11.6 Å². The van der Waals surface area contributed by atoms with Crippen LogP contribution in [0.25, 0.3) is 0 Å². The second kappa shape index (κ2) is 7.65. The lowest BCUT2D eigenvalue weighted by Crippen LogP contribution is -2.19. The van der Waals surface area contributed by atoms with Gasteiger partial charge in [-0.25, -0.2) is 8.78 Å². The number of hydrogen-bond donors (Lipinski definition) is 2. The molecule has 1 aromatic carbocycles. The molecule has 0 radical (unpaired) electrons. The number of nitrogens with two attached hydrogens (primary N) is 1. The lowest BCUT2D eigenvalue weighted by atomic mass is 10.1. The van der Waals surface area contributed by atoms with E-state index >= 15 is 0 Å². The van der Waals surface area contributed by atoms with Gasteiger partial charge in [0, 0.05) is 11.6 Å². The number of halogens is 2. The Bertz CT molecular complexity index is 453. The molecule has 0 spiro atoms. The van der Waals surface area contributed by atoms with Gasteiger partial charge in [0.15, 0.2) is 11.6 Å². The molecule has 1 rings (SSSR count). The van der Waals surface area contributed by atoms with Crippen LogP contribution in [-0.2, 0) is 0 Å². The number of hydrogen-bond acceptors (Lipinski definition) is 3. The molecule has 0 saturated heterocycles. The number of rotatable bonds is 7. The fraction of sp³-hybridized carbons (Fsp3) is 0.462. The standard InChI is InChI=1S/C13H18F2N2S2/c1-3-19-7-6-8(2)17-10-5-4-9(13(16)18)11(14)12(10)15/h4-5,8,17H,3,6-7H2,1-2H3,(H2,16,18). The highest BCUT2D eigenvalue weighted by molar-refractivity contribution is 7.99. The fourth-order valence-corrected chi connectivity index (χ4v) is 2.56. The zero-order valence-electron chi connectivity index (χ0n) is 11.0. The molecule has 6 heteroatoms. The first kappa shape index (κ1) is 16.2. The normalized spacial score (nSPS) is 12.2. The third kappa shape index (κ3) is 4.62. The van der Waals surface area contributed by atoms with E-state index in [1.54, 1.807) is 0 Å². The lowest BCUT2D eigenvalue weighted by molar-refractivity contribution is 0.508. The van der Waals surface area contributed by atoms with Crippen LogP contribution < -0.4 is 11.1 Å². The van der Waals surface area contributed by atoms with Crippen molar-refractivity contribution in [3.63, 3.8) is 0 Å². The van der Waals surface area contributed by atoms with Crippen molar-refractivity contribution in [2.24, 2.45) is 5.73 Å². The maximum atomic E-state index is 13.8. The van der Waals surface area contributed by atoms with Crippen molar-refractivity contribution < 1.29 is 8.78 Å². The van der Waals surface area contributed by atoms with Gasteiger partial charge in [0.2, 0.25) is 0 Å². The van der Waals surface area contributed by atoms with E-state index in [-0.39, 0.29) is 22.3 Å². The van der Waals surface area contributed by atoms with Gasteiger partial charge in [0.25, 0.3) is 0 Å². The van der Waals surface area contributed by atoms with Crippen molar-refractivity contribution in [2.45, 2.75) is 26.3 Å². The molecule has 0 aliphatic carbocycles. The predicted molar refractivity (Wildman–Crippen MR) is 82.9 cm³/mol. The second-order valence-electron chi connectivity index (χ2n) is 4.18. The van der Waals surface area contributed by atoms with Crippen molar-refractivity contribution in [2.75, 3.05) is 16.8 Å². The minimum absolute atomic E-state index is 0.0627. The van der Waals surface area contributed by atoms with Crippen LogP contribution in [0.4, 0.5) is 14.5 Å². The van der Waals surface area contributed by atoms with Crippen LogP contribution in [0, 0.1) is 11.6 Å². The van der Waals surface area contributed by atoms with Gasteiger partial charge in [-0.05, 0) is 37.0 Å². The smallest absolute Gasteiger partial charge is 0.182 e. The van der Waals surface area contributed by atoms with E-state index in [2.05, 4.69) is 24.5 Å². The first-order valence-corrected chi connectivity index (χ1v) is 7.65. The molecule has 0 aliphatic rings. The lowest BCUT2D eigenvalue weighted by Gasteiger charge is -2.16. The molecule has 0 bridgehead atoms. The summed E-state index contributed by atoms with van der Waals surface area (Å²) >= 11 is 6.48. The molecule has 0 amide bonds. The van der Waals surface area contributed by atoms with Gasteiger partial charge in [0.05, 0.1) is 5.69 Å². The van der Waals surface area contributed by atoms with Crippen LogP contribution >= 0.6 is 24.0 Å². The Morgan fingerprint density at radius 3 is 2.68 bits per heavy atom. The molecule has 3 N–H and O–H groups in total. The Kier molecular flexibility index (Phi) is 6.51. The molecule has 1 aromatic rings. The molecular formula is C13H18F2N2S2. The van der Waals surface area contributed by atoms with Gasteiger partial charge < -0.3 is 11.1 Å². The molecule has 1 atom stereocenters. The summed E-state index contributed by atoms with van der Waals surface area (Å²) in [6, 6.07) is 2.94. The van der Waals surface area contributed by atoms with Crippen LogP contribution in [0.5, 0.6) is 0 Å². The van der Waals surface area contributed by atoms with Crippen LogP contribution in [-0.4, -0.2) is 22.5 Å². The van der Waals surface area contributed by atoms with Gasteiger partial charge in [-0.15, -0.1) is 0 Å². The zero-order valence-corrected chi connectivity index (χ0v) is 12.6. The molecule has 0 aliphatic heterocycles. The number of benzene rings is 1. The largest absolute Gasteiger partial charge is 0.389 e. The van der Waals surface area contributed by atoms with E-state index in [1.165, 1.54) is 12.1 Å². The quantitative estimate of drug-likeness (QED) is 0.597. The topological polar surface area (TPSA) is 38.0 Å². The first-order chi connectivity index (χ1) is 8.97. The van der Waals surface area contributed by atoms with Gasteiger partial charge in [-0.2, -0.15) is 11.8 Å². The molecule has 106 valence electrons. The van der Waals surface area contributed by atoms with Gasteiger partial charge in [-0.1, -0.05) is 19.1 Å². The molecule has 0 saturated carbocycles. The fourth-order valence-electron chi connectivity index (χ4n) is 1.59. The first-order valence-electron chi connectivity index (χ1n) is 6.09. The molecular weight excluding hydrogens is 286 g/mol. The summed E-state index contributed by atoms with van der Waals surface area (Å²) in [6.45, 7) is 4.03. The summed E-state index contributed by atoms with van der Waals surface area (Å²) in [4.78, 5) is -0.143. The number of anilines is 1. The Morgan fingerprint density at radius 2 is 2.11 bits per heavy atom. The Hall–Kier alpha value is -0.880. The maximum Gasteiger partial charge on any atom is 0.182 e. The Morgan fingerprint density at radius 1 is 1.42 bits per heavy atom. The highest BCUT2D eigenvalue weighted by atomic mass is 32.2. The van der Waals surface area contributed by atoms with Crippen LogP contribution in [0.1, 0.15) is 25.8 Å². The maximum absolute atomic E-state index is 13.8. The van der Waals surface area contributed by atoms with Crippen molar-refractivity contribution >= 4 is 34.7 Å². The minimum atomic E-state index is -0.993. The van der Waals surface area contributed by atoms with Crippen molar-refractivity contribution in [3.05, 3.63) is 29.3 Å². The molecule has 0 heterocycles. The summed E-state index contributed by atoms with van der Waals surface area (Å²) in [5.74, 6) is 0.117. The third-order valence-electron chi connectivity index (χ3n) is 2.65. The summed E-state index contributed by atoms with van der Waals surface area (Å²) in [7, 11) is 0. The summed E-state index contributed by atoms with van der Waals surface area (Å²) in [6.07, 6.45) is 0.886. The summed E-state index contributed by atoms with van der Waals surface area (Å²) in [5.41, 5.74) is 5.40. The molecule has 0 aromatic heterocycles. The molecule has 19 heavy (non-hydrogen) atoms.